The van der Waals surface area contributed by atoms with Crippen molar-refractivity contribution in [2.75, 3.05) is 11.4 Å². The third kappa shape index (κ3) is 3.29. The first-order chi connectivity index (χ1) is 16.4. The summed E-state index contributed by atoms with van der Waals surface area (Å²) < 4.78 is 71.3. The van der Waals surface area contributed by atoms with Gasteiger partial charge in [0.05, 0.1) is 40.6 Å². The smallest absolute Gasteiger partial charge is 0.351 e. The minimum atomic E-state index is -4.87. The highest BCUT2D eigenvalue weighted by Gasteiger charge is 2.60. The van der Waals surface area contributed by atoms with Crippen molar-refractivity contribution in [3.8, 4) is 16.9 Å². The van der Waals surface area contributed by atoms with Crippen LogP contribution >= 0.6 is 11.6 Å². The second-order valence-electron chi connectivity index (χ2n) is 7.89. The molecule has 2 amide bonds. The lowest BCUT2D eigenvalue weighted by atomic mass is 9.87. The molecule has 5 heterocycles. The molecular formula is C19H13ClF5N9O. The highest BCUT2D eigenvalue weighted by molar-refractivity contribution is 6.32. The maximum Gasteiger partial charge on any atom is 0.401 e. The lowest BCUT2D eigenvalue weighted by Crippen LogP contribution is -2.46. The van der Waals surface area contributed by atoms with Gasteiger partial charge in [-0.3, -0.25) is 4.90 Å². The van der Waals surface area contributed by atoms with Gasteiger partial charge in [-0.2, -0.15) is 28.5 Å². The van der Waals surface area contributed by atoms with Gasteiger partial charge in [0.15, 0.2) is 11.5 Å². The molecule has 10 nitrogen and oxygen atoms in total. The number of carbonyl (C=O) groups is 1. The third-order valence-electron chi connectivity index (χ3n) is 5.76. The van der Waals surface area contributed by atoms with Crippen LogP contribution in [0.2, 0.25) is 5.02 Å². The van der Waals surface area contributed by atoms with Gasteiger partial charge in [-0.25, -0.2) is 28.1 Å². The number of aromatic nitrogens is 7. The molecule has 1 atom stereocenters. The molecule has 1 aliphatic heterocycles. The zero-order valence-electron chi connectivity index (χ0n) is 17.5. The minimum absolute atomic E-state index is 0.0144. The van der Waals surface area contributed by atoms with Crippen molar-refractivity contribution in [2.24, 2.45) is 5.73 Å². The van der Waals surface area contributed by atoms with Crippen LogP contribution in [0.4, 0.5) is 32.4 Å². The Morgan fingerprint density at radius 3 is 2.46 bits per heavy atom. The van der Waals surface area contributed by atoms with Crippen molar-refractivity contribution in [3.63, 3.8) is 0 Å². The summed E-state index contributed by atoms with van der Waals surface area (Å²) in [6.45, 7) is -0.0258. The molecule has 4 aromatic heterocycles. The highest BCUT2D eigenvalue weighted by atomic mass is 35.5. The van der Waals surface area contributed by atoms with Crippen LogP contribution in [-0.2, 0) is 5.41 Å². The maximum atomic E-state index is 14.2. The quantitative estimate of drug-likeness (QED) is 0.417. The molecule has 0 saturated carbocycles. The van der Waals surface area contributed by atoms with Gasteiger partial charge in [-0.1, -0.05) is 11.6 Å². The van der Waals surface area contributed by atoms with Crippen LogP contribution < -0.4 is 10.6 Å². The lowest BCUT2D eigenvalue weighted by Gasteiger charge is -2.27. The lowest BCUT2D eigenvalue weighted by molar-refractivity contribution is -0.181. The molecule has 182 valence electrons. The van der Waals surface area contributed by atoms with Crippen LogP contribution in [0.5, 0.6) is 0 Å². The summed E-state index contributed by atoms with van der Waals surface area (Å²) in [7, 11) is 0. The van der Waals surface area contributed by atoms with Gasteiger partial charge >= 0.3 is 12.2 Å². The Hall–Kier alpha value is -3.88. The van der Waals surface area contributed by atoms with Crippen molar-refractivity contribution in [1.29, 1.82) is 0 Å². The highest BCUT2D eigenvalue weighted by Crippen LogP contribution is 2.50. The summed E-state index contributed by atoms with van der Waals surface area (Å²) >= 11 is 6.27. The van der Waals surface area contributed by atoms with Gasteiger partial charge in [-0.05, 0) is 13.0 Å². The first-order valence-corrected chi connectivity index (χ1v) is 10.2. The van der Waals surface area contributed by atoms with Crippen molar-refractivity contribution in [3.05, 3.63) is 47.3 Å². The van der Waals surface area contributed by atoms with Crippen LogP contribution in [-0.4, -0.2) is 53.3 Å². The van der Waals surface area contributed by atoms with Crippen molar-refractivity contribution in [2.45, 2.75) is 24.9 Å². The molecule has 0 radical (unpaired) electrons. The predicted molar refractivity (Wildman–Crippen MR) is 111 cm³/mol. The molecular weight excluding hydrogens is 501 g/mol. The standard InChI is InChI=1S/C19H13ClF5N9O/c1-18(19(23,24)25)7-32(17(26)35)10-6-28-16-11(12(14(21)22)31-33(16)13(10)18)8-4-9(20)15(27-5-8)34-29-2-3-30-34/h2-6,14H,7H2,1H3,(H2,26,35). The number of pyridine rings is 1. The van der Waals surface area contributed by atoms with Crippen LogP contribution in [0.25, 0.3) is 22.6 Å². The second kappa shape index (κ2) is 7.56. The van der Waals surface area contributed by atoms with Crippen molar-refractivity contribution >= 4 is 29.0 Å². The minimum Gasteiger partial charge on any atom is -0.351 e. The first kappa shape index (κ1) is 22.9. The van der Waals surface area contributed by atoms with Gasteiger partial charge in [0, 0.05) is 18.3 Å². The van der Waals surface area contributed by atoms with E-state index in [4.69, 9.17) is 17.3 Å². The third-order valence-corrected chi connectivity index (χ3v) is 6.03. The number of fused-ring (bicyclic) bond motifs is 3. The Kier molecular flexibility index (Phi) is 4.94. The number of rotatable bonds is 3. The Balaban J connectivity index is 1.79. The van der Waals surface area contributed by atoms with E-state index in [9.17, 15) is 26.7 Å². The van der Waals surface area contributed by atoms with E-state index in [1.807, 2.05) is 0 Å². The predicted octanol–water partition coefficient (Wildman–Crippen LogP) is 3.68. The molecule has 16 heteroatoms. The van der Waals surface area contributed by atoms with Crippen molar-refractivity contribution in [1.82, 2.24) is 34.6 Å². The van der Waals surface area contributed by atoms with E-state index < -0.39 is 42.0 Å². The topological polar surface area (TPSA) is 120 Å². The zero-order valence-corrected chi connectivity index (χ0v) is 18.3. The molecule has 35 heavy (non-hydrogen) atoms. The number of amides is 2. The number of hydrogen-bond donors (Lipinski definition) is 1. The van der Waals surface area contributed by atoms with Gasteiger partial charge in [-0.15, -0.1) is 4.80 Å². The van der Waals surface area contributed by atoms with E-state index in [2.05, 4.69) is 25.3 Å². The number of nitrogens with two attached hydrogens (primary N) is 1. The number of anilines is 1. The van der Waals surface area contributed by atoms with E-state index in [-0.39, 0.29) is 33.3 Å². The van der Waals surface area contributed by atoms with Crippen molar-refractivity contribution < 1.29 is 26.7 Å². The SMILES string of the molecule is CC1(C(F)(F)F)CN(C(N)=O)c2cnc3c(-c4cnc(-n5nccn5)c(Cl)c4)c(C(F)F)nn3c21. The van der Waals surface area contributed by atoms with Gasteiger partial charge in [0.2, 0.25) is 0 Å². The maximum absolute atomic E-state index is 14.2. The number of halogens is 6. The number of urea groups is 1. The molecule has 0 saturated heterocycles. The van der Waals surface area contributed by atoms with Gasteiger partial charge in [0.1, 0.15) is 11.1 Å². The molecule has 0 spiro atoms. The largest absolute Gasteiger partial charge is 0.401 e. The molecule has 0 fully saturated rings. The fraction of sp³-hybridized carbons (Fsp3) is 0.263. The fourth-order valence-corrected chi connectivity index (χ4v) is 4.31. The number of carbonyl (C=O) groups excluding carboxylic acids is 1. The van der Waals surface area contributed by atoms with Gasteiger partial charge in [0.25, 0.3) is 6.43 Å². The molecule has 0 bridgehead atoms. The normalized spacial score (nSPS) is 18.0. The Bertz CT molecular complexity index is 1470. The molecule has 0 aromatic carbocycles. The number of alkyl halides is 5. The Morgan fingerprint density at radius 1 is 1.20 bits per heavy atom. The van der Waals surface area contributed by atoms with Crippen LogP contribution in [0.3, 0.4) is 0 Å². The summed E-state index contributed by atoms with van der Waals surface area (Å²) in [4.78, 5) is 21.8. The summed E-state index contributed by atoms with van der Waals surface area (Å²) in [5, 5.41) is 11.6. The molecule has 0 aliphatic carbocycles. The average Bonchev–Trinajstić information content (AvgIpc) is 3.49. The summed E-state index contributed by atoms with van der Waals surface area (Å²) in [5.41, 5.74) is 0.415. The molecule has 1 aliphatic rings. The summed E-state index contributed by atoms with van der Waals surface area (Å²) in [6.07, 6.45) is -3.14. The second-order valence-corrected chi connectivity index (χ2v) is 8.30. The average molecular weight is 514 g/mol. The van der Waals surface area contributed by atoms with E-state index in [1.54, 1.807) is 0 Å². The Labute approximate surface area is 197 Å². The van der Waals surface area contributed by atoms with E-state index >= 15 is 0 Å². The van der Waals surface area contributed by atoms with Crippen LogP contribution in [0.15, 0.2) is 30.9 Å². The molecule has 5 rings (SSSR count). The number of nitrogens with zero attached hydrogens (tertiary/aromatic N) is 8. The molecule has 2 N–H and O–H groups in total. The van der Waals surface area contributed by atoms with E-state index in [0.717, 1.165) is 17.9 Å². The summed E-state index contributed by atoms with van der Waals surface area (Å²) in [6, 6.07) is 0.129. The monoisotopic (exact) mass is 513 g/mol. The van der Waals surface area contributed by atoms with E-state index in [0.29, 0.717) is 9.42 Å². The van der Waals surface area contributed by atoms with Crippen LogP contribution in [0, 0.1) is 0 Å². The zero-order chi connectivity index (χ0) is 25.3. The first-order valence-electron chi connectivity index (χ1n) is 9.80. The number of hydrogen-bond acceptors (Lipinski definition) is 6. The fourth-order valence-electron chi connectivity index (χ4n) is 4.07. The van der Waals surface area contributed by atoms with Gasteiger partial charge < -0.3 is 5.73 Å². The number of primary amides is 1. The molecule has 4 aromatic rings. The van der Waals surface area contributed by atoms with Crippen LogP contribution in [0.1, 0.15) is 24.7 Å². The summed E-state index contributed by atoms with van der Waals surface area (Å²) in [5.74, 6) is 0.103. The van der Waals surface area contributed by atoms with E-state index in [1.165, 1.54) is 24.7 Å². The molecule has 1 unspecified atom stereocenters. The Morgan fingerprint density at radius 2 is 1.89 bits per heavy atom.